The van der Waals surface area contributed by atoms with Crippen molar-refractivity contribution in [2.45, 2.75) is 41.5 Å². The first kappa shape index (κ1) is 34.5. The van der Waals surface area contributed by atoms with Gasteiger partial charge in [0.25, 0.3) is 0 Å². The van der Waals surface area contributed by atoms with Crippen molar-refractivity contribution < 1.29 is 30.9 Å². The highest BCUT2D eigenvalue weighted by Crippen LogP contribution is 2.39. The molecule has 2 aromatic heterocycles. The van der Waals surface area contributed by atoms with Crippen LogP contribution in [0.5, 0.6) is 5.75 Å². The van der Waals surface area contributed by atoms with Gasteiger partial charge < -0.3 is 4.74 Å². The van der Waals surface area contributed by atoms with E-state index in [2.05, 4.69) is 9.71 Å². The highest BCUT2D eigenvalue weighted by Gasteiger charge is 2.31. The second-order valence-corrected chi connectivity index (χ2v) is 14.5. The van der Waals surface area contributed by atoms with Crippen LogP contribution in [0.15, 0.2) is 95.4 Å². The van der Waals surface area contributed by atoms with Crippen molar-refractivity contribution in [3.8, 4) is 11.4 Å². The zero-order chi connectivity index (χ0) is 33.9. The second-order valence-electron chi connectivity index (χ2n) is 11.4. The molecule has 7 nitrogen and oxygen atoms in total. The highest BCUT2D eigenvalue weighted by molar-refractivity contribution is 7.98. The molecule has 0 amide bonds. The largest absolute Gasteiger partial charge is 0.494 e. The number of sulfonamides is 1. The quantitative estimate of drug-likeness (QED) is 0.113. The number of aryl methyl sites for hydroxylation is 1. The van der Waals surface area contributed by atoms with Gasteiger partial charge >= 0.3 is 0 Å². The van der Waals surface area contributed by atoms with Gasteiger partial charge in [-0.05, 0) is 66.6 Å². The fraction of sp³-hybridized carbons (Fsp3) is 0.235. The molecule has 0 saturated heterocycles. The minimum atomic E-state index is -4.03. The molecule has 0 aliphatic carbocycles. The van der Waals surface area contributed by atoms with E-state index in [4.69, 9.17) is 16.3 Å². The summed E-state index contributed by atoms with van der Waals surface area (Å²) in [6.07, 6.45) is 5.88. The summed E-state index contributed by atoms with van der Waals surface area (Å²) in [6, 6.07) is 16.4. The van der Waals surface area contributed by atoms with Crippen LogP contribution in [0.25, 0.3) is 5.69 Å². The van der Waals surface area contributed by atoms with Crippen LogP contribution in [0.4, 0.5) is 13.2 Å². The van der Waals surface area contributed by atoms with Gasteiger partial charge in [-0.25, -0.2) is 35.9 Å². The Kier molecular flexibility index (Phi) is 10.4. The molecule has 13 heteroatoms. The van der Waals surface area contributed by atoms with E-state index in [9.17, 15) is 17.2 Å². The van der Waals surface area contributed by atoms with Crippen LogP contribution in [-0.4, -0.2) is 31.6 Å². The number of thioether (sulfide) groups is 1. The summed E-state index contributed by atoms with van der Waals surface area (Å²) in [4.78, 5) is 4.34. The number of hydrogen-bond donors (Lipinski definition) is 1. The molecule has 3 aromatic carbocycles. The van der Waals surface area contributed by atoms with Crippen molar-refractivity contribution in [3.63, 3.8) is 0 Å². The smallest absolute Gasteiger partial charge is 0.240 e. The lowest BCUT2D eigenvalue weighted by atomic mass is 9.81. The number of halogens is 4. The zero-order valence-electron chi connectivity index (χ0n) is 26.1. The van der Waals surface area contributed by atoms with Crippen LogP contribution in [0.2, 0.25) is 5.02 Å². The molecular formula is C34H33ClF3N4O3S2+. The Bertz CT molecular complexity index is 2000. The molecule has 47 heavy (non-hydrogen) atoms. The summed E-state index contributed by atoms with van der Waals surface area (Å²) in [5, 5.41) is 0.406. The van der Waals surface area contributed by atoms with Gasteiger partial charge in [0.05, 0.1) is 23.9 Å². The number of methoxy groups -OCH3 is 1. The van der Waals surface area contributed by atoms with Crippen molar-refractivity contribution >= 4 is 33.4 Å². The number of nitrogens with zero attached hydrogens (tertiary/aromatic N) is 3. The summed E-state index contributed by atoms with van der Waals surface area (Å²) in [6.45, 7) is 4.00. The summed E-state index contributed by atoms with van der Waals surface area (Å²) in [5.74, 6) is -1.58. The predicted octanol–water partition coefficient (Wildman–Crippen LogP) is 6.92. The Morgan fingerprint density at radius 2 is 1.79 bits per heavy atom. The van der Waals surface area contributed by atoms with E-state index in [-0.39, 0.29) is 33.5 Å². The van der Waals surface area contributed by atoms with Crippen molar-refractivity contribution in [2.75, 3.05) is 13.7 Å². The number of ether oxygens (including phenoxy) is 1. The first-order valence-corrected chi connectivity index (χ1v) is 17.4. The van der Waals surface area contributed by atoms with E-state index in [0.717, 1.165) is 17.2 Å². The fourth-order valence-electron chi connectivity index (χ4n) is 5.13. The van der Waals surface area contributed by atoms with Gasteiger partial charge in [0, 0.05) is 45.6 Å². The summed E-state index contributed by atoms with van der Waals surface area (Å²) in [7, 11) is -0.765. The molecule has 0 bridgehead atoms. The first-order valence-electron chi connectivity index (χ1n) is 14.5. The average Bonchev–Trinajstić information content (AvgIpc) is 3.46. The third-order valence-corrected chi connectivity index (χ3v) is 10.6. The van der Waals surface area contributed by atoms with Gasteiger partial charge in [-0.2, -0.15) is 0 Å². The monoisotopic (exact) mass is 701 g/mol. The summed E-state index contributed by atoms with van der Waals surface area (Å²) >= 11 is 7.65. The van der Waals surface area contributed by atoms with E-state index in [1.807, 2.05) is 54.6 Å². The Labute approximate surface area is 281 Å². The molecule has 0 aliphatic heterocycles. The second kappa shape index (κ2) is 14.1. The normalized spacial score (nSPS) is 12.0. The molecule has 5 aromatic rings. The van der Waals surface area contributed by atoms with Gasteiger partial charge in [0.2, 0.25) is 10.0 Å². The SMILES string of the molecule is COc1cc(C(C)(C)c2cnc(SCc3c(F)cc(S(=O)(=O)NCCc4ccc[n+](C)c4)cc3Cl)n2-c2ccc(F)cc2)ccc1F. The number of aromatic nitrogens is 3. The molecule has 0 atom stereocenters. The molecule has 246 valence electrons. The van der Waals surface area contributed by atoms with Crippen molar-refractivity contribution in [3.05, 3.63) is 130 Å². The van der Waals surface area contributed by atoms with E-state index in [0.29, 0.717) is 23.0 Å². The lowest BCUT2D eigenvalue weighted by molar-refractivity contribution is -0.671. The van der Waals surface area contributed by atoms with Gasteiger partial charge in [-0.3, -0.25) is 4.57 Å². The molecule has 0 unspecified atom stereocenters. The zero-order valence-corrected chi connectivity index (χ0v) is 28.5. The number of rotatable bonds is 12. The fourth-order valence-corrected chi connectivity index (χ4v) is 7.65. The van der Waals surface area contributed by atoms with Crippen LogP contribution in [0.1, 0.15) is 36.2 Å². The third kappa shape index (κ3) is 7.67. The number of hydrogen-bond acceptors (Lipinski definition) is 5. The van der Waals surface area contributed by atoms with Crippen LogP contribution in [0.3, 0.4) is 0 Å². The Morgan fingerprint density at radius 3 is 2.47 bits per heavy atom. The van der Waals surface area contributed by atoms with Crippen molar-refractivity contribution in [2.24, 2.45) is 7.05 Å². The molecular weight excluding hydrogens is 669 g/mol. The maximum absolute atomic E-state index is 15.5. The Hall–Kier alpha value is -3.84. The molecule has 0 fully saturated rings. The third-order valence-electron chi connectivity index (χ3n) is 7.80. The first-order chi connectivity index (χ1) is 22.3. The summed E-state index contributed by atoms with van der Waals surface area (Å²) < 4.78 is 80.9. The molecule has 1 N–H and O–H groups in total. The van der Waals surface area contributed by atoms with E-state index in [1.54, 1.807) is 30.5 Å². The maximum atomic E-state index is 15.5. The van der Waals surface area contributed by atoms with E-state index in [1.165, 1.54) is 43.1 Å². The predicted molar refractivity (Wildman–Crippen MR) is 176 cm³/mol. The van der Waals surface area contributed by atoms with Gasteiger partial charge in [0.1, 0.15) is 18.7 Å². The lowest BCUT2D eigenvalue weighted by Crippen LogP contribution is -2.29. The summed E-state index contributed by atoms with van der Waals surface area (Å²) in [5.41, 5.74) is 2.36. The van der Waals surface area contributed by atoms with Crippen molar-refractivity contribution in [1.29, 1.82) is 0 Å². The van der Waals surface area contributed by atoms with Gasteiger partial charge in [0.15, 0.2) is 29.1 Å². The molecule has 0 aliphatic rings. The van der Waals surface area contributed by atoms with E-state index >= 15 is 4.39 Å². The van der Waals surface area contributed by atoms with Crippen LogP contribution < -0.4 is 14.0 Å². The number of nitrogens with one attached hydrogen (secondary N) is 1. The number of benzene rings is 3. The molecule has 5 rings (SSSR count). The molecule has 0 spiro atoms. The minimum Gasteiger partial charge on any atom is -0.494 e. The van der Waals surface area contributed by atoms with Crippen LogP contribution in [0, 0.1) is 17.5 Å². The number of pyridine rings is 1. The minimum absolute atomic E-state index is 0.0197. The lowest BCUT2D eigenvalue weighted by Gasteiger charge is -2.28. The van der Waals surface area contributed by atoms with Gasteiger partial charge in [-0.15, -0.1) is 0 Å². The van der Waals surface area contributed by atoms with Crippen LogP contribution >= 0.6 is 23.4 Å². The van der Waals surface area contributed by atoms with Gasteiger partial charge in [-0.1, -0.05) is 43.3 Å². The maximum Gasteiger partial charge on any atom is 0.240 e. The average molecular weight is 702 g/mol. The molecule has 0 radical (unpaired) electrons. The Balaban J connectivity index is 1.41. The standard InChI is InChI=1S/C34H33ClF3N4O3S2/c1-34(2,23-7-12-29(37)31(16-23)45-4)32-19-39-33(42(32)25-10-8-24(36)9-11-25)46-21-27-28(35)17-26(18-30(27)38)47(43,44)40-14-13-22-6-5-15-41(3)20-22/h5-12,15-20,40H,13-14,21H2,1-4H3/q+1. The number of imidazole rings is 1. The Morgan fingerprint density at radius 1 is 1.04 bits per heavy atom. The van der Waals surface area contributed by atoms with E-state index < -0.39 is 32.9 Å². The van der Waals surface area contributed by atoms with Crippen LogP contribution in [-0.2, 0) is 34.7 Å². The highest BCUT2D eigenvalue weighted by atomic mass is 35.5. The topological polar surface area (TPSA) is 77.1 Å². The molecule has 0 saturated carbocycles. The van der Waals surface area contributed by atoms with Crippen molar-refractivity contribution in [1.82, 2.24) is 14.3 Å². The molecule has 2 heterocycles.